The van der Waals surface area contributed by atoms with Crippen LogP contribution in [0.2, 0.25) is 0 Å². The fourth-order valence-electron chi connectivity index (χ4n) is 0.820. The summed E-state index contributed by atoms with van der Waals surface area (Å²) >= 11 is 0. The van der Waals surface area contributed by atoms with Crippen molar-refractivity contribution in [2.75, 3.05) is 0 Å². The minimum absolute atomic E-state index is 0.0663. The molecule has 1 N–H and O–H groups in total. The first-order valence-corrected chi connectivity index (χ1v) is 3.37. The van der Waals surface area contributed by atoms with Crippen LogP contribution in [0.3, 0.4) is 0 Å². The van der Waals surface area contributed by atoms with Crippen molar-refractivity contribution >= 4 is 0 Å². The van der Waals surface area contributed by atoms with E-state index in [1.54, 1.807) is 12.1 Å². The summed E-state index contributed by atoms with van der Waals surface area (Å²) in [6.45, 7) is -3.00. The Morgan fingerprint density at radius 3 is 2.75 bits per heavy atom. The first kappa shape index (κ1) is 8.93. The minimum atomic E-state index is -2.82. The third-order valence-electron chi connectivity index (χ3n) is 1.31. The molecule has 0 amide bonds. The predicted molar refractivity (Wildman–Crippen MR) is 39.0 cm³/mol. The van der Waals surface area contributed by atoms with Crippen LogP contribution in [0, 0.1) is 0 Å². The van der Waals surface area contributed by atoms with Gasteiger partial charge in [0.05, 0.1) is 6.61 Å². The number of hydrogen-bond acceptors (Lipinski definition) is 2. The predicted octanol–water partition coefficient (Wildman–Crippen LogP) is 1.78. The summed E-state index contributed by atoms with van der Waals surface area (Å²) in [6, 6.07) is 5.94. The second kappa shape index (κ2) is 4.01. The lowest BCUT2D eigenvalue weighted by Crippen LogP contribution is -2.01. The van der Waals surface area contributed by atoms with Gasteiger partial charge in [-0.3, -0.25) is 0 Å². The molecule has 0 fully saturated rings. The Hall–Kier alpha value is -1.16. The molecule has 0 atom stereocenters. The van der Waals surface area contributed by atoms with Crippen molar-refractivity contribution < 1.29 is 18.6 Å². The normalized spacial score (nSPS) is 10.3. The molecule has 1 rings (SSSR count). The van der Waals surface area contributed by atoms with Gasteiger partial charge in [0, 0.05) is 0 Å². The third kappa shape index (κ3) is 2.47. The molecule has 0 saturated heterocycles. The number of ether oxygens (including phenoxy) is 1. The van der Waals surface area contributed by atoms with Gasteiger partial charge in [0.15, 0.2) is 0 Å². The zero-order valence-electron chi connectivity index (χ0n) is 6.21. The van der Waals surface area contributed by atoms with E-state index in [9.17, 15) is 8.78 Å². The summed E-state index contributed by atoms with van der Waals surface area (Å²) < 4.78 is 27.5. The van der Waals surface area contributed by atoms with Crippen LogP contribution < -0.4 is 4.74 Å². The van der Waals surface area contributed by atoms with Crippen molar-refractivity contribution in [3.63, 3.8) is 0 Å². The Morgan fingerprint density at radius 2 is 2.17 bits per heavy atom. The fourth-order valence-corrected chi connectivity index (χ4v) is 0.820. The first-order valence-electron chi connectivity index (χ1n) is 3.37. The molecule has 0 aliphatic rings. The molecule has 12 heavy (non-hydrogen) atoms. The Labute approximate surface area is 68.4 Å². The first-order chi connectivity index (χ1) is 5.72. The van der Waals surface area contributed by atoms with Gasteiger partial charge in [-0.15, -0.1) is 0 Å². The van der Waals surface area contributed by atoms with E-state index in [1.807, 2.05) is 0 Å². The summed E-state index contributed by atoms with van der Waals surface area (Å²) in [4.78, 5) is 0. The molecule has 66 valence electrons. The largest absolute Gasteiger partial charge is 0.435 e. The van der Waals surface area contributed by atoms with E-state index in [1.165, 1.54) is 12.1 Å². The van der Waals surface area contributed by atoms with Crippen molar-refractivity contribution in [3.05, 3.63) is 29.8 Å². The fraction of sp³-hybridized carbons (Fsp3) is 0.250. The lowest BCUT2D eigenvalue weighted by molar-refractivity contribution is -0.0499. The number of alkyl halides is 2. The molecule has 2 nitrogen and oxygen atoms in total. The molecule has 0 unspecified atom stereocenters. The summed E-state index contributed by atoms with van der Waals surface area (Å²) in [6.07, 6.45) is 0. The molecule has 1 aromatic rings. The number of halogens is 2. The topological polar surface area (TPSA) is 29.5 Å². The average Bonchev–Trinajstić information content (AvgIpc) is 2.03. The summed E-state index contributed by atoms with van der Waals surface area (Å²) in [5.74, 6) is 0.0663. The van der Waals surface area contributed by atoms with Gasteiger partial charge in [0.1, 0.15) is 5.75 Å². The molecule has 0 radical (unpaired) electrons. The molecule has 1 aromatic carbocycles. The number of benzene rings is 1. The van der Waals surface area contributed by atoms with Crippen LogP contribution in [0.4, 0.5) is 8.78 Å². The maximum absolute atomic E-state index is 11.7. The SMILES string of the molecule is OCc1cccc(OC(F)F)c1. The van der Waals surface area contributed by atoms with Gasteiger partial charge in [0.2, 0.25) is 0 Å². The van der Waals surface area contributed by atoms with E-state index in [4.69, 9.17) is 5.11 Å². The third-order valence-corrected chi connectivity index (χ3v) is 1.31. The van der Waals surface area contributed by atoms with Crippen molar-refractivity contribution in [3.8, 4) is 5.75 Å². The zero-order chi connectivity index (χ0) is 8.97. The van der Waals surface area contributed by atoms with Crippen LogP contribution in [-0.4, -0.2) is 11.7 Å². The minimum Gasteiger partial charge on any atom is -0.435 e. The number of hydrogen-bond donors (Lipinski definition) is 1. The van der Waals surface area contributed by atoms with Gasteiger partial charge in [-0.25, -0.2) is 0 Å². The second-order valence-corrected chi connectivity index (χ2v) is 2.18. The molecular formula is C8H8F2O2. The van der Waals surface area contributed by atoms with E-state index >= 15 is 0 Å². The monoisotopic (exact) mass is 174 g/mol. The molecule has 4 heteroatoms. The Kier molecular flexibility index (Phi) is 2.99. The van der Waals surface area contributed by atoms with Gasteiger partial charge in [0.25, 0.3) is 0 Å². The van der Waals surface area contributed by atoms with Crippen LogP contribution >= 0.6 is 0 Å². The quantitative estimate of drug-likeness (QED) is 0.756. The van der Waals surface area contributed by atoms with E-state index in [0.717, 1.165) is 0 Å². The highest BCUT2D eigenvalue weighted by atomic mass is 19.3. The van der Waals surface area contributed by atoms with Gasteiger partial charge in [-0.2, -0.15) is 8.78 Å². The van der Waals surface area contributed by atoms with Crippen molar-refractivity contribution in [2.24, 2.45) is 0 Å². The standard InChI is InChI=1S/C8H8F2O2/c9-8(10)12-7-3-1-2-6(4-7)5-11/h1-4,8,11H,5H2. The molecule has 0 aliphatic carbocycles. The van der Waals surface area contributed by atoms with E-state index in [-0.39, 0.29) is 12.4 Å². The highest BCUT2D eigenvalue weighted by molar-refractivity contribution is 5.27. The number of aliphatic hydroxyl groups excluding tert-OH is 1. The molecule has 0 heterocycles. The molecule has 0 bridgehead atoms. The highest BCUT2D eigenvalue weighted by Gasteiger charge is 2.03. The van der Waals surface area contributed by atoms with Crippen molar-refractivity contribution in [2.45, 2.75) is 13.2 Å². The lowest BCUT2D eigenvalue weighted by Gasteiger charge is -2.04. The highest BCUT2D eigenvalue weighted by Crippen LogP contribution is 2.15. The van der Waals surface area contributed by atoms with Crippen LogP contribution in [-0.2, 0) is 6.61 Å². The average molecular weight is 174 g/mol. The van der Waals surface area contributed by atoms with Gasteiger partial charge >= 0.3 is 6.61 Å². The van der Waals surface area contributed by atoms with Crippen LogP contribution in [0.5, 0.6) is 5.75 Å². The summed E-state index contributed by atoms with van der Waals surface area (Å²) in [5.41, 5.74) is 0.549. The van der Waals surface area contributed by atoms with Crippen LogP contribution in [0.25, 0.3) is 0 Å². The summed E-state index contributed by atoms with van der Waals surface area (Å²) in [5, 5.41) is 8.65. The van der Waals surface area contributed by atoms with Gasteiger partial charge in [-0.05, 0) is 17.7 Å². The summed E-state index contributed by atoms with van der Waals surface area (Å²) in [7, 11) is 0. The molecule has 0 aliphatic heterocycles. The van der Waals surface area contributed by atoms with E-state index < -0.39 is 6.61 Å². The molecule has 0 aromatic heterocycles. The zero-order valence-corrected chi connectivity index (χ0v) is 6.21. The van der Waals surface area contributed by atoms with Gasteiger partial charge in [-0.1, -0.05) is 12.1 Å². The Balaban J connectivity index is 2.72. The molecule has 0 spiro atoms. The molecule has 0 saturated carbocycles. The van der Waals surface area contributed by atoms with Crippen molar-refractivity contribution in [1.82, 2.24) is 0 Å². The molecular weight excluding hydrogens is 166 g/mol. The Morgan fingerprint density at radius 1 is 1.42 bits per heavy atom. The maximum atomic E-state index is 11.7. The maximum Gasteiger partial charge on any atom is 0.387 e. The smallest absolute Gasteiger partial charge is 0.387 e. The van der Waals surface area contributed by atoms with E-state index in [0.29, 0.717) is 5.56 Å². The van der Waals surface area contributed by atoms with Crippen LogP contribution in [0.1, 0.15) is 5.56 Å². The number of aliphatic hydroxyl groups is 1. The van der Waals surface area contributed by atoms with Crippen molar-refractivity contribution in [1.29, 1.82) is 0 Å². The lowest BCUT2D eigenvalue weighted by atomic mass is 10.2. The second-order valence-electron chi connectivity index (χ2n) is 2.18. The number of rotatable bonds is 3. The van der Waals surface area contributed by atoms with E-state index in [2.05, 4.69) is 4.74 Å². The van der Waals surface area contributed by atoms with Crippen LogP contribution in [0.15, 0.2) is 24.3 Å². The van der Waals surface area contributed by atoms with Gasteiger partial charge < -0.3 is 9.84 Å². The Bertz CT molecular complexity index is 251.